The number of carbonyl (C=O) groups is 2. The summed E-state index contributed by atoms with van der Waals surface area (Å²) in [5.74, 6) is -1.12. The van der Waals surface area contributed by atoms with Gasteiger partial charge in [0.05, 0.1) is 65.0 Å². The zero-order chi connectivity index (χ0) is 93.4. The van der Waals surface area contributed by atoms with E-state index in [4.69, 9.17) is 66.3 Å². The van der Waals surface area contributed by atoms with Gasteiger partial charge in [-0.3, -0.25) is 9.59 Å². The summed E-state index contributed by atoms with van der Waals surface area (Å²) in [6, 6.07) is -2.70. The Labute approximate surface area is 751 Å². The molecule has 40 heteroatoms. The molecule has 37 atom stereocenters. The van der Waals surface area contributed by atoms with Crippen molar-refractivity contribution in [3.05, 3.63) is 24.3 Å². The lowest BCUT2D eigenvalue weighted by atomic mass is 9.94. The van der Waals surface area contributed by atoms with Crippen molar-refractivity contribution in [1.82, 2.24) is 10.6 Å². The topological polar surface area (TPSA) is 632 Å². The van der Waals surface area contributed by atoms with E-state index in [1.54, 1.807) is 6.08 Å². The standard InChI is InChI=1S/C88H158N2O38/c1-4-6-8-10-12-14-16-18-19-20-21-22-23-24-25-26-27-29-31-33-35-37-39-41-60(100)90-51(52(99)40-38-36-34-32-30-28-17-15-13-11-9-7-5-2)49-115-83-70(109)68(107)76(58(47-96)121-83)123-84-71(110)69(108)77(59(48-97)122-84)124-85-73(112)79(64(103)55(44-93)117-85)126-87-75(114)81(66(105)57(46-95)119-87)128-88-74(113)80(65(104)56(45-94)120-88)127-86-72(111)78(63(102)54(43-92)118-86)125-82-61(89-50(3)98)67(106)62(101)53(42-91)116-82/h18-19,38,40,51-59,61-88,91-97,99,101-114H,4-17,20-37,39,41-49H2,1-3H3,(H,89,98)(H,90,100)/b19-18-,40-38+/t51-,52+,53?,54?,55?,56?,57?,58?,59?,61?,62-,63-,64-,65-,66-,67+,68+,69+,70?,71?,72?,73?,74?,75?,76+,77-,78-,79-,80-,81-,82-,83+,84-,85-,86+,87+,88+/m0/s1. The molecule has 0 radical (unpaired) electrons. The second-order valence-electron chi connectivity index (χ2n) is 35.2. The highest BCUT2D eigenvalue weighted by Gasteiger charge is 2.59. The zero-order valence-corrected chi connectivity index (χ0v) is 74.7. The number of hydrogen-bond donors (Lipinski definition) is 24. The summed E-state index contributed by atoms with van der Waals surface area (Å²) < 4.78 is 81.5. The quantitative estimate of drug-likeness (QED) is 0.0235. The van der Waals surface area contributed by atoms with Gasteiger partial charge in [-0.15, -0.1) is 0 Å². The molecule has 0 spiro atoms. The van der Waals surface area contributed by atoms with E-state index in [9.17, 15) is 122 Å². The first kappa shape index (κ1) is 112. The number of aliphatic hydroxyl groups excluding tert-OH is 22. The van der Waals surface area contributed by atoms with Crippen molar-refractivity contribution in [2.24, 2.45) is 0 Å². The minimum atomic E-state index is -2.35. The molecule has 748 valence electrons. The third-order valence-corrected chi connectivity index (χ3v) is 25.1. The molecule has 40 nitrogen and oxygen atoms in total. The van der Waals surface area contributed by atoms with E-state index in [1.807, 2.05) is 6.08 Å². The third kappa shape index (κ3) is 34.0. The van der Waals surface area contributed by atoms with Crippen LogP contribution in [0.4, 0.5) is 0 Å². The van der Waals surface area contributed by atoms with Gasteiger partial charge in [0.25, 0.3) is 0 Å². The Morgan fingerprint density at radius 3 is 0.922 bits per heavy atom. The number of hydrogen-bond acceptors (Lipinski definition) is 38. The van der Waals surface area contributed by atoms with Crippen LogP contribution in [-0.2, 0) is 75.9 Å². The van der Waals surface area contributed by atoms with Gasteiger partial charge < -0.3 is 189 Å². The van der Waals surface area contributed by atoms with Gasteiger partial charge in [0.2, 0.25) is 11.8 Å². The maximum atomic E-state index is 13.6. The van der Waals surface area contributed by atoms with Crippen molar-refractivity contribution in [3.63, 3.8) is 0 Å². The molecule has 0 bridgehead atoms. The summed E-state index contributed by atoms with van der Waals surface area (Å²) in [6.07, 6.45) is -22.9. The highest BCUT2D eigenvalue weighted by atomic mass is 16.8. The molecule has 14 unspecified atom stereocenters. The normalized spacial score (nSPS) is 37.8. The Balaban J connectivity index is 0.922. The molecule has 7 saturated heterocycles. The molecule has 7 aliphatic rings. The highest BCUT2D eigenvalue weighted by molar-refractivity contribution is 5.76. The maximum absolute atomic E-state index is 13.6. The van der Waals surface area contributed by atoms with Crippen LogP contribution in [0.1, 0.15) is 239 Å². The third-order valence-electron chi connectivity index (χ3n) is 25.1. The molecular formula is C88H158N2O38. The lowest BCUT2D eigenvalue weighted by Gasteiger charge is -2.50. The van der Waals surface area contributed by atoms with Gasteiger partial charge >= 0.3 is 0 Å². The van der Waals surface area contributed by atoms with E-state index < -0.39 is 286 Å². The molecule has 7 rings (SSSR count). The Bertz CT molecular complexity index is 3000. The Hall–Kier alpha value is -3.02. The van der Waals surface area contributed by atoms with Crippen LogP contribution in [0, 0.1) is 0 Å². The van der Waals surface area contributed by atoms with Crippen LogP contribution >= 0.6 is 0 Å². The molecular weight excluding hydrogens is 1690 g/mol. The van der Waals surface area contributed by atoms with Crippen LogP contribution in [0.15, 0.2) is 24.3 Å². The molecule has 2 amide bonds. The summed E-state index contributed by atoms with van der Waals surface area (Å²) in [4.78, 5) is 25.8. The molecule has 0 aromatic carbocycles. The average Bonchev–Trinajstić information content (AvgIpc) is 0.762. The van der Waals surface area contributed by atoms with Crippen molar-refractivity contribution in [2.45, 2.75) is 466 Å². The fourth-order valence-electron chi connectivity index (χ4n) is 17.3. The molecule has 7 aliphatic heterocycles. The van der Waals surface area contributed by atoms with Gasteiger partial charge in [0, 0.05) is 13.3 Å². The predicted molar refractivity (Wildman–Crippen MR) is 452 cm³/mol. The van der Waals surface area contributed by atoms with Crippen molar-refractivity contribution in [2.75, 3.05) is 52.9 Å². The smallest absolute Gasteiger partial charge is 0.220 e. The van der Waals surface area contributed by atoms with Gasteiger partial charge in [-0.05, 0) is 44.9 Å². The van der Waals surface area contributed by atoms with Crippen molar-refractivity contribution < 1.29 is 188 Å². The fourth-order valence-corrected chi connectivity index (χ4v) is 17.3. The number of allylic oxidation sites excluding steroid dienone is 3. The Morgan fingerprint density at radius 1 is 0.305 bits per heavy atom. The molecule has 128 heavy (non-hydrogen) atoms. The number of carbonyl (C=O) groups excluding carboxylic acids is 2. The van der Waals surface area contributed by atoms with Crippen molar-refractivity contribution >= 4 is 11.8 Å². The van der Waals surface area contributed by atoms with E-state index in [-0.39, 0.29) is 12.3 Å². The van der Waals surface area contributed by atoms with Gasteiger partial charge in [-0.1, -0.05) is 205 Å². The molecule has 7 fully saturated rings. The first-order chi connectivity index (χ1) is 61.7. The predicted octanol–water partition coefficient (Wildman–Crippen LogP) is -1.85. The van der Waals surface area contributed by atoms with Gasteiger partial charge in [0.15, 0.2) is 44.0 Å². The monoisotopic (exact) mass is 1850 g/mol. The van der Waals surface area contributed by atoms with E-state index in [1.165, 1.54) is 148 Å². The summed E-state index contributed by atoms with van der Waals surface area (Å²) in [6.45, 7) is -2.17. The molecule has 0 aromatic heterocycles. The van der Waals surface area contributed by atoms with Crippen LogP contribution in [0.25, 0.3) is 0 Å². The van der Waals surface area contributed by atoms with Gasteiger partial charge in [-0.25, -0.2) is 0 Å². The largest absolute Gasteiger partial charge is 0.394 e. The van der Waals surface area contributed by atoms with Gasteiger partial charge in [0.1, 0.15) is 171 Å². The number of nitrogens with one attached hydrogen (secondary N) is 2. The number of rotatable bonds is 61. The number of ether oxygens (including phenoxy) is 14. The molecule has 7 heterocycles. The fraction of sp³-hybridized carbons (Fsp3) is 0.932. The average molecular weight is 1850 g/mol. The second kappa shape index (κ2) is 60.5. The zero-order valence-electron chi connectivity index (χ0n) is 74.7. The molecule has 0 aliphatic carbocycles. The second-order valence-corrected chi connectivity index (χ2v) is 35.2. The summed E-state index contributed by atoms with van der Waals surface area (Å²) >= 11 is 0. The lowest BCUT2D eigenvalue weighted by molar-refractivity contribution is -0.399. The first-order valence-corrected chi connectivity index (χ1v) is 47.1. The molecule has 0 aromatic rings. The van der Waals surface area contributed by atoms with E-state index in [0.29, 0.717) is 12.8 Å². The Kier molecular flexibility index (Phi) is 53.0. The molecule has 0 saturated carbocycles. The summed E-state index contributed by atoms with van der Waals surface area (Å²) in [7, 11) is 0. The highest BCUT2D eigenvalue weighted by Crippen LogP contribution is 2.39. The lowest BCUT2D eigenvalue weighted by Crippen LogP contribution is -2.69. The summed E-state index contributed by atoms with van der Waals surface area (Å²) in [5, 5.41) is 251. The van der Waals surface area contributed by atoms with Crippen LogP contribution in [-0.4, -0.2) is 404 Å². The van der Waals surface area contributed by atoms with Crippen LogP contribution < -0.4 is 10.6 Å². The maximum Gasteiger partial charge on any atom is 0.220 e. The van der Waals surface area contributed by atoms with Crippen molar-refractivity contribution in [1.29, 1.82) is 0 Å². The number of aliphatic hydroxyl groups is 22. The Morgan fingerprint density at radius 2 is 0.578 bits per heavy atom. The number of unbranched alkanes of at least 4 members (excludes halogenated alkanes) is 30. The van der Waals surface area contributed by atoms with Crippen molar-refractivity contribution in [3.8, 4) is 0 Å². The first-order valence-electron chi connectivity index (χ1n) is 47.1. The minimum Gasteiger partial charge on any atom is -0.394 e. The molecule has 24 N–H and O–H groups in total. The summed E-state index contributed by atoms with van der Waals surface area (Å²) in [5.41, 5.74) is 0. The van der Waals surface area contributed by atoms with Crippen LogP contribution in [0.2, 0.25) is 0 Å². The van der Waals surface area contributed by atoms with E-state index >= 15 is 0 Å². The number of amides is 2. The van der Waals surface area contributed by atoms with Crippen LogP contribution in [0.5, 0.6) is 0 Å². The SMILES string of the molecule is CCCCCCCC/C=C\CCCCCCCCCCCCCCCC(=O)N[C@@H](CO[C@@H]1OC(CO)[C@@H](O[C@@H]2OC(CO)[C@H](O[C@@H]3OC(CO)[C@H](O)[C@H](O[C@H]4OC(CO)[C@H](O)[C@H](O[C@H]5OC(CO)[C@H](O)[C@H](O[C@H]6OC(CO)[C@H](O)[C@H](O[C@@H]7OC(CO)[C@H](O)[C@H](O)C7NC(C)=O)C6O)C5O)C4O)C3O)[C@H](O)C2O)[C@H](O)C1O)[C@H](O)/C=C/CCCCCCCCCCCCC. The van der Waals surface area contributed by atoms with E-state index in [2.05, 4.69) is 36.6 Å². The minimum absolute atomic E-state index is 0.169. The van der Waals surface area contributed by atoms with Gasteiger partial charge in [-0.2, -0.15) is 0 Å². The van der Waals surface area contributed by atoms with Crippen LogP contribution in [0.3, 0.4) is 0 Å². The van der Waals surface area contributed by atoms with E-state index in [0.717, 1.165) is 58.3 Å².